The first kappa shape index (κ1) is 14.8. The number of nitrogens with one attached hydrogen (secondary N) is 1. The number of aromatic nitrogens is 1. The highest BCUT2D eigenvalue weighted by atomic mass is 79.9. The molecule has 1 aromatic heterocycles. The number of benzene rings is 1. The van der Waals surface area contributed by atoms with Gasteiger partial charge in [0, 0.05) is 10.7 Å². The number of hydrogen-bond donors (Lipinski definition) is 1. The molecule has 2 nitrogen and oxygen atoms in total. The summed E-state index contributed by atoms with van der Waals surface area (Å²) in [7, 11) is 0. The number of alkyl halides is 3. The molecule has 0 fully saturated rings. The molecule has 0 saturated carbocycles. The Hall–Kier alpha value is -1.63. The van der Waals surface area contributed by atoms with Crippen LogP contribution < -0.4 is 5.32 Å². The summed E-state index contributed by atoms with van der Waals surface area (Å²) in [5, 5.41) is 2.61. The monoisotopic (exact) mass is 348 g/mol. The van der Waals surface area contributed by atoms with E-state index < -0.39 is 17.6 Å². The topological polar surface area (TPSA) is 24.9 Å². The van der Waals surface area contributed by atoms with E-state index in [1.165, 1.54) is 0 Å². The third-order valence-corrected chi connectivity index (χ3v) is 3.01. The second-order valence-corrected chi connectivity index (χ2v) is 4.93. The van der Waals surface area contributed by atoms with Crippen LogP contribution in [0.2, 0.25) is 0 Å². The molecule has 106 valence electrons. The molecular weight excluding hydrogens is 340 g/mol. The third-order valence-electron chi connectivity index (χ3n) is 2.54. The molecule has 0 bridgehead atoms. The van der Waals surface area contributed by atoms with Gasteiger partial charge < -0.3 is 5.32 Å². The van der Waals surface area contributed by atoms with E-state index in [4.69, 9.17) is 0 Å². The van der Waals surface area contributed by atoms with E-state index in [1.807, 2.05) is 0 Å². The number of nitrogens with zero attached hydrogens (tertiary/aromatic N) is 1. The van der Waals surface area contributed by atoms with Crippen LogP contribution in [0.4, 0.5) is 23.2 Å². The SMILES string of the molecule is Fc1ccc(C(F)(F)F)cc1NCc1ccc(Br)cn1. The lowest BCUT2D eigenvalue weighted by atomic mass is 10.2. The van der Waals surface area contributed by atoms with Gasteiger partial charge in [-0.2, -0.15) is 13.2 Å². The van der Waals surface area contributed by atoms with E-state index in [0.717, 1.165) is 16.6 Å². The Balaban J connectivity index is 2.14. The molecule has 2 aromatic rings. The lowest BCUT2D eigenvalue weighted by Gasteiger charge is -2.11. The van der Waals surface area contributed by atoms with E-state index in [9.17, 15) is 17.6 Å². The van der Waals surface area contributed by atoms with Gasteiger partial charge in [0.05, 0.1) is 23.5 Å². The molecule has 0 aliphatic heterocycles. The van der Waals surface area contributed by atoms with Gasteiger partial charge >= 0.3 is 6.18 Å². The van der Waals surface area contributed by atoms with Crippen molar-refractivity contribution in [2.45, 2.75) is 12.7 Å². The fourth-order valence-electron chi connectivity index (χ4n) is 1.53. The van der Waals surface area contributed by atoms with Crippen molar-refractivity contribution in [1.29, 1.82) is 0 Å². The average molecular weight is 349 g/mol. The van der Waals surface area contributed by atoms with Gasteiger partial charge in [-0.15, -0.1) is 0 Å². The summed E-state index contributed by atoms with van der Waals surface area (Å²) < 4.78 is 51.9. The maximum atomic E-state index is 13.5. The van der Waals surface area contributed by atoms with E-state index in [2.05, 4.69) is 26.2 Å². The number of rotatable bonds is 3. The fourth-order valence-corrected chi connectivity index (χ4v) is 1.77. The van der Waals surface area contributed by atoms with Crippen molar-refractivity contribution >= 4 is 21.6 Å². The molecule has 0 radical (unpaired) electrons. The van der Waals surface area contributed by atoms with Crippen molar-refractivity contribution in [2.24, 2.45) is 0 Å². The van der Waals surface area contributed by atoms with Gasteiger partial charge in [0.15, 0.2) is 0 Å². The molecule has 0 aliphatic carbocycles. The Bertz CT molecular complexity index is 596. The molecule has 0 atom stereocenters. The minimum absolute atomic E-state index is 0.130. The summed E-state index contributed by atoms with van der Waals surface area (Å²) in [5.41, 5.74) is -0.514. The van der Waals surface area contributed by atoms with Crippen molar-refractivity contribution in [1.82, 2.24) is 4.98 Å². The van der Waals surface area contributed by atoms with Crippen LogP contribution in [-0.4, -0.2) is 4.98 Å². The molecule has 20 heavy (non-hydrogen) atoms. The molecule has 1 aromatic carbocycles. The molecule has 0 unspecified atom stereocenters. The fraction of sp³-hybridized carbons (Fsp3) is 0.154. The van der Waals surface area contributed by atoms with Gasteiger partial charge in [0.2, 0.25) is 0 Å². The average Bonchev–Trinajstić information content (AvgIpc) is 2.38. The standard InChI is InChI=1S/C13H9BrF4N2/c14-9-2-3-10(19-6-9)7-20-12-5-8(13(16,17)18)1-4-11(12)15/h1-6,20H,7H2. The number of pyridine rings is 1. The van der Waals surface area contributed by atoms with Crippen molar-refractivity contribution in [2.75, 3.05) is 5.32 Å². The maximum absolute atomic E-state index is 13.5. The Morgan fingerprint density at radius 2 is 1.90 bits per heavy atom. The minimum atomic E-state index is -4.50. The van der Waals surface area contributed by atoms with Gasteiger partial charge in [0.1, 0.15) is 5.82 Å². The zero-order valence-corrected chi connectivity index (χ0v) is 11.6. The largest absolute Gasteiger partial charge is 0.416 e. The van der Waals surface area contributed by atoms with Crippen molar-refractivity contribution < 1.29 is 17.6 Å². The Morgan fingerprint density at radius 3 is 2.50 bits per heavy atom. The van der Waals surface area contributed by atoms with E-state index in [0.29, 0.717) is 11.8 Å². The van der Waals surface area contributed by atoms with Crippen LogP contribution in [0.1, 0.15) is 11.3 Å². The lowest BCUT2D eigenvalue weighted by molar-refractivity contribution is -0.137. The zero-order chi connectivity index (χ0) is 14.8. The van der Waals surface area contributed by atoms with Crippen LogP contribution in [0.15, 0.2) is 41.0 Å². The molecular formula is C13H9BrF4N2. The number of halogens is 5. The lowest BCUT2D eigenvalue weighted by Crippen LogP contribution is -2.08. The Morgan fingerprint density at radius 1 is 1.15 bits per heavy atom. The molecule has 1 heterocycles. The summed E-state index contributed by atoms with van der Waals surface area (Å²) in [6, 6.07) is 5.67. The van der Waals surface area contributed by atoms with E-state index >= 15 is 0 Å². The highest BCUT2D eigenvalue weighted by Crippen LogP contribution is 2.31. The van der Waals surface area contributed by atoms with Gasteiger partial charge in [-0.25, -0.2) is 4.39 Å². The summed E-state index contributed by atoms with van der Waals surface area (Å²) in [6.45, 7) is 0.130. The molecule has 1 N–H and O–H groups in total. The second-order valence-electron chi connectivity index (χ2n) is 4.01. The van der Waals surface area contributed by atoms with E-state index in [1.54, 1.807) is 18.3 Å². The van der Waals surface area contributed by atoms with Gasteiger partial charge in [-0.05, 0) is 46.3 Å². The molecule has 0 saturated heterocycles. The first-order valence-corrected chi connectivity index (χ1v) is 6.36. The summed E-state index contributed by atoms with van der Waals surface area (Å²) >= 11 is 3.22. The van der Waals surface area contributed by atoms with Crippen molar-refractivity contribution in [3.05, 3.63) is 58.1 Å². The van der Waals surface area contributed by atoms with Crippen LogP contribution in [0.25, 0.3) is 0 Å². The molecule has 0 spiro atoms. The van der Waals surface area contributed by atoms with Crippen molar-refractivity contribution in [3.8, 4) is 0 Å². The summed E-state index contributed by atoms with van der Waals surface area (Å²) in [4.78, 5) is 4.04. The van der Waals surface area contributed by atoms with Crippen LogP contribution in [0, 0.1) is 5.82 Å². The predicted molar refractivity (Wildman–Crippen MR) is 70.7 cm³/mol. The van der Waals surface area contributed by atoms with Crippen LogP contribution in [0.5, 0.6) is 0 Å². The highest BCUT2D eigenvalue weighted by Gasteiger charge is 2.31. The summed E-state index contributed by atoms with van der Waals surface area (Å²) in [6.07, 6.45) is -2.94. The maximum Gasteiger partial charge on any atom is 0.416 e. The van der Waals surface area contributed by atoms with E-state index in [-0.39, 0.29) is 12.2 Å². The highest BCUT2D eigenvalue weighted by molar-refractivity contribution is 9.10. The van der Waals surface area contributed by atoms with Crippen molar-refractivity contribution in [3.63, 3.8) is 0 Å². The Kier molecular flexibility index (Phi) is 4.27. The molecule has 0 amide bonds. The number of anilines is 1. The van der Waals surface area contributed by atoms with Crippen LogP contribution >= 0.6 is 15.9 Å². The molecule has 7 heteroatoms. The summed E-state index contributed by atoms with van der Waals surface area (Å²) in [5.74, 6) is -0.741. The molecule has 2 rings (SSSR count). The first-order valence-electron chi connectivity index (χ1n) is 5.57. The predicted octanol–water partition coefficient (Wildman–Crippen LogP) is 4.61. The third kappa shape index (κ3) is 3.69. The smallest absolute Gasteiger partial charge is 0.377 e. The van der Waals surface area contributed by atoms with Crippen LogP contribution in [0.3, 0.4) is 0 Å². The quantitative estimate of drug-likeness (QED) is 0.819. The van der Waals surface area contributed by atoms with Gasteiger partial charge in [0.25, 0.3) is 0 Å². The normalized spacial score (nSPS) is 11.4. The zero-order valence-electron chi connectivity index (χ0n) is 10.0. The Labute approximate surface area is 121 Å². The van der Waals surface area contributed by atoms with Gasteiger partial charge in [-0.1, -0.05) is 0 Å². The first-order chi connectivity index (χ1) is 9.36. The minimum Gasteiger partial charge on any atom is -0.377 e. The number of hydrogen-bond acceptors (Lipinski definition) is 2. The molecule has 0 aliphatic rings. The second kappa shape index (κ2) is 5.78. The van der Waals surface area contributed by atoms with Gasteiger partial charge in [-0.3, -0.25) is 4.98 Å². The van der Waals surface area contributed by atoms with Crippen LogP contribution in [-0.2, 0) is 12.7 Å².